The number of hydrogen-bond donors (Lipinski definition) is 2. The minimum atomic E-state index is -0.884. The maximum atomic E-state index is 13.7. The third kappa shape index (κ3) is 2.54. The third-order valence-corrected chi connectivity index (χ3v) is 3.20. The normalized spacial score (nSPS) is 17.2. The number of β-amino-alcohol motifs (C(OH)–C–C–N with tert-alkyl or cyclic N) is 1. The molecule has 0 bridgehead atoms. The summed E-state index contributed by atoms with van der Waals surface area (Å²) in [6, 6.07) is 2.42. The Kier molecular flexibility index (Phi) is 3.98. The predicted molar refractivity (Wildman–Crippen MR) is 66.5 cm³/mol. The zero-order valence-electron chi connectivity index (χ0n) is 10.1. The second kappa shape index (κ2) is 5.49. The van der Waals surface area contributed by atoms with Crippen molar-refractivity contribution >= 4 is 11.4 Å². The lowest BCUT2D eigenvalue weighted by molar-refractivity contribution is 0.188. The second-order valence-electron chi connectivity index (χ2n) is 4.35. The van der Waals surface area contributed by atoms with Crippen molar-refractivity contribution in [3.8, 4) is 0 Å². The summed E-state index contributed by atoms with van der Waals surface area (Å²) in [5.74, 6) is -1.76. The summed E-state index contributed by atoms with van der Waals surface area (Å²) in [6.45, 7) is 3.27. The van der Waals surface area contributed by atoms with Gasteiger partial charge < -0.3 is 15.7 Å². The maximum absolute atomic E-state index is 13.7. The Morgan fingerprint density at radius 1 is 1.17 bits per heavy atom. The Morgan fingerprint density at radius 3 is 2.44 bits per heavy atom. The van der Waals surface area contributed by atoms with E-state index in [1.165, 1.54) is 6.07 Å². The third-order valence-electron chi connectivity index (χ3n) is 3.20. The van der Waals surface area contributed by atoms with Crippen molar-refractivity contribution in [3.05, 3.63) is 23.8 Å². The van der Waals surface area contributed by atoms with Crippen LogP contribution in [0.2, 0.25) is 0 Å². The summed E-state index contributed by atoms with van der Waals surface area (Å²) in [7, 11) is 0. The Balaban J connectivity index is 2.12. The van der Waals surface area contributed by atoms with Gasteiger partial charge in [0.25, 0.3) is 0 Å². The van der Waals surface area contributed by atoms with Gasteiger partial charge in [0, 0.05) is 32.7 Å². The van der Waals surface area contributed by atoms with Gasteiger partial charge in [-0.25, -0.2) is 8.78 Å². The molecule has 0 spiro atoms. The van der Waals surface area contributed by atoms with E-state index in [4.69, 9.17) is 10.8 Å². The van der Waals surface area contributed by atoms with Gasteiger partial charge in [0.1, 0.15) is 0 Å². The second-order valence-corrected chi connectivity index (χ2v) is 4.35. The number of piperazine rings is 1. The number of nitrogens with two attached hydrogens (primary N) is 1. The summed E-state index contributed by atoms with van der Waals surface area (Å²) in [5.41, 5.74) is 6.12. The number of nitrogen functional groups attached to an aromatic ring is 1. The monoisotopic (exact) mass is 257 g/mol. The summed E-state index contributed by atoms with van der Waals surface area (Å²) >= 11 is 0. The highest BCUT2D eigenvalue weighted by Gasteiger charge is 2.22. The summed E-state index contributed by atoms with van der Waals surface area (Å²) in [5, 5.41) is 8.84. The van der Waals surface area contributed by atoms with Crippen molar-refractivity contribution < 1.29 is 13.9 Å². The first-order valence-corrected chi connectivity index (χ1v) is 5.95. The largest absolute Gasteiger partial charge is 0.397 e. The number of hydrogen-bond acceptors (Lipinski definition) is 4. The van der Waals surface area contributed by atoms with Gasteiger partial charge in [-0.05, 0) is 12.1 Å². The van der Waals surface area contributed by atoms with Gasteiger partial charge in [-0.2, -0.15) is 0 Å². The molecule has 6 heteroatoms. The SMILES string of the molecule is Nc1ccc(F)c(F)c1N1CCN(CCO)CC1. The molecule has 0 aromatic heterocycles. The highest BCUT2D eigenvalue weighted by atomic mass is 19.2. The lowest BCUT2D eigenvalue weighted by Gasteiger charge is -2.36. The maximum Gasteiger partial charge on any atom is 0.184 e. The molecule has 2 rings (SSSR count). The van der Waals surface area contributed by atoms with E-state index in [-0.39, 0.29) is 18.0 Å². The van der Waals surface area contributed by atoms with Crippen LogP contribution in [0.15, 0.2) is 12.1 Å². The van der Waals surface area contributed by atoms with Crippen molar-refractivity contribution in [2.45, 2.75) is 0 Å². The molecule has 1 aliphatic heterocycles. The zero-order valence-corrected chi connectivity index (χ0v) is 10.1. The summed E-state index contributed by atoms with van der Waals surface area (Å²) in [6.07, 6.45) is 0. The van der Waals surface area contributed by atoms with Crippen LogP contribution in [0.1, 0.15) is 0 Å². The molecule has 1 saturated heterocycles. The standard InChI is InChI=1S/C12H17F2N3O/c13-9-1-2-10(15)12(11(9)14)17-5-3-16(4-6-17)7-8-18/h1-2,18H,3-8,15H2. The molecule has 18 heavy (non-hydrogen) atoms. The average molecular weight is 257 g/mol. The van der Waals surface area contributed by atoms with Crippen LogP contribution in [0.4, 0.5) is 20.2 Å². The molecule has 3 N–H and O–H groups in total. The fourth-order valence-electron chi connectivity index (χ4n) is 2.21. The smallest absolute Gasteiger partial charge is 0.184 e. The molecule has 1 aromatic carbocycles. The first-order valence-electron chi connectivity index (χ1n) is 5.95. The van der Waals surface area contributed by atoms with Crippen LogP contribution in [0, 0.1) is 11.6 Å². The Morgan fingerprint density at radius 2 is 1.83 bits per heavy atom. The fraction of sp³-hybridized carbons (Fsp3) is 0.500. The first kappa shape index (κ1) is 13.0. The van der Waals surface area contributed by atoms with E-state index in [1.54, 1.807) is 4.90 Å². The molecular formula is C12H17F2N3O. The van der Waals surface area contributed by atoms with Crippen molar-refractivity contribution in [2.75, 3.05) is 50.0 Å². The van der Waals surface area contributed by atoms with E-state index < -0.39 is 11.6 Å². The molecule has 0 amide bonds. The molecule has 0 radical (unpaired) electrons. The van der Waals surface area contributed by atoms with Crippen LogP contribution in [-0.4, -0.2) is 49.3 Å². The first-order chi connectivity index (χ1) is 8.63. The minimum Gasteiger partial charge on any atom is -0.397 e. The molecular weight excluding hydrogens is 240 g/mol. The van der Waals surface area contributed by atoms with Crippen LogP contribution in [0.25, 0.3) is 0 Å². The summed E-state index contributed by atoms with van der Waals surface area (Å²) < 4.78 is 27.0. The highest BCUT2D eigenvalue weighted by Crippen LogP contribution is 2.29. The van der Waals surface area contributed by atoms with E-state index in [9.17, 15) is 8.78 Å². The predicted octanol–water partition coefficient (Wildman–Crippen LogP) is 0.661. The minimum absolute atomic E-state index is 0.108. The van der Waals surface area contributed by atoms with Gasteiger partial charge in [0.2, 0.25) is 0 Å². The van der Waals surface area contributed by atoms with Crippen LogP contribution >= 0.6 is 0 Å². The molecule has 1 aliphatic rings. The molecule has 0 atom stereocenters. The number of rotatable bonds is 3. The lowest BCUT2D eigenvalue weighted by Crippen LogP contribution is -2.47. The summed E-state index contributed by atoms with van der Waals surface area (Å²) in [4.78, 5) is 3.82. The van der Waals surface area contributed by atoms with E-state index in [1.807, 2.05) is 0 Å². The van der Waals surface area contributed by atoms with Gasteiger partial charge in [-0.3, -0.25) is 4.90 Å². The van der Waals surface area contributed by atoms with Gasteiger partial charge in [-0.15, -0.1) is 0 Å². The van der Waals surface area contributed by atoms with E-state index >= 15 is 0 Å². The van der Waals surface area contributed by atoms with Crippen LogP contribution in [0.5, 0.6) is 0 Å². The molecule has 4 nitrogen and oxygen atoms in total. The van der Waals surface area contributed by atoms with Crippen LogP contribution in [-0.2, 0) is 0 Å². The molecule has 1 aromatic rings. The van der Waals surface area contributed by atoms with Crippen molar-refractivity contribution in [2.24, 2.45) is 0 Å². The number of nitrogens with zero attached hydrogens (tertiary/aromatic N) is 2. The van der Waals surface area contributed by atoms with Crippen molar-refractivity contribution in [1.82, 2.24) is 4.90 Å². The van der Waals surface area contributed by atoms with E-state index in [0.717, 1.165) is 6.07 Å². The Labute approximate surface area is 105 Å². The number of anilines is 2. The molecule has 0 saturated carbocycles. The quantitative estimate of drug-likeness (QED) is 0.781. The number of aliphatic hydroxyl groups is 1. The molecule has 0 unspecified atom stereocenters. The lowest BCUT2D eigenvalue weighted by atomic mass is 10.2. The van der Waals surface area contributed by atoms with Gasteiger partial charge >= 0.3 is 0 Å². The Bertz CT molecular complexity index is 420. The number of aliphatic hydroxyl groups excluding tert-OH is 1. The van der Waals surface area contributed by atoms with Gasteiger partial charge in [0.15, 0.2) is 11.6 Å². The zero-order chi connectivity index (χ0) is 13.1. The average Bonchev–Trinajstić information content (AvgIpc) is 2.37. The van der Waals surface area contributed by atoms with E-state index in [0.29, 0.717) is 32.7 Å². The molecule has 1 heterocycles. The fourth-order valence-corrected chi connectivity index (χ4v) is 2.21. The van der Waals surface area contributed by atoms with Crippen LogP contribution < -0.4 is 10.6 Å². The molecule has 100 valence electrons. The highest BCUT2D eigenvalue weighted by molar-refractivity contribution is 5.68. The van der Waals surface area contributed by atoms with E-state index in [2.05, 4.69) is 4.90 Å². The van der Waals surface area contributed by atoms with Gasteiger partial charge in [-0.1, -0.05) is 0 Å². The van der Waals surface area contributed by atoms with Crippen molar-refractivity contribution in [1.29, 1.82) is 0 Å². The Hall–Kier alpha value is -1.40. The van der Waals surface area contributed by atoms with Crippen LogP contribution in [0.3, 0.4) is 0 Å². The van der Waals surface area contributed by atoms with Gasteiger partial charge in [0.05, 0.1) is 18.0 Å². The number of benzene rings is 1. The topological polar surface area (TPSA) is 52.7 Å². The molecule has 0 aliphatic carbocycles. The molecule has 1 fully saturated rings. The van der Waals surface area contributed by atoms with Crippen molar-refractivity contribution in [3.63, 3.8) is 0 Å². The number of halogens is 2.